The molecule has 37 heavy (non-hydrogen) atoms. The Morgan fingerprint density at radius 3 is 2.70 bits per heavy atom. The van der Waals surface area contributed by atoms with Gasteiger partial charge in [0.05, 0.1) is 17.7 Å². The van der Waals surface area contributed by atoms with Crippen LogP contribution in [0.1, 0.15) is 75.6 Å². The summed E-state index contributed by atoms with van der Waals surface area (Å²) < 4.78 is 10.8. The molecule has 0 spiro atoms. The lowest BCUT2D eigenvalue weighted by atomic mass is 9.70. The predicted octanol–water partition coefficient (Wildman–Crippen LogP) is 5.44. The SMILES string of the molecule is Cc1noc(=O)c2ccc(NC(=O)C(O)(CC3CCCCC3)CC(C)(C)c3cccc4c3OCC4)cc12. The van der Waals surface area contributed by atoms with Crippen LogP contribution in [0.15, 0.2) is 45.7 Å². The van der Waals surface area contributed by atoms with Gasteiger partial charge in [-0.2, -0.15) is 0 Å². The molecule has 1 atom stereocenters. The molecule has 196 valence electrons. The van der Waals surface area contributed by atoms with Crippen LogP contribution < -0.4 is 15.7 Å². The zero-order chi connectivity index (χ0) is 26.2. The second-order valence-corrected chi connectivity index (χ2v) is 11.5. The van der Waals surface area contributed by atoms with Gasteiger partial charge in [0.25, 0.3) is 5.91 Å². The van der Waals surface area contributed by atoms with Crippen LogP contribution in [0.3, 0.4) is 0 Å². The topological polar surface area (TPSA) is 102 Å². The number of anilines is 1. The number of rotatable bonds is 7. The molecule has 1 fully saturated rings. The van der Waals surface area contributed by atoms with E-state index in [2.05, 4.69) is 30.4 Å². The van der Waals surface area contributed by atoms with Gasteiger partial charge in [0.15, 0.2) is 0 Å². The molecule has 2 heterocycles. The van der Waals surface area contributed by atoms with Gasteiger partial charge in [0.2, 0.25) is 0 Å². The molecule has 1 aliphatic heterocycles. The molecule has 2 aromatic carbocycles. The lowest BCUT2D eigenvalue weighted by Crippen LogP contribution is -2.48. The third-order valence-electron chi connectivity index (χ3n) is 8.10. The van der Waals surface area contributed by atoms with E-state index in [4.69, 9.17) is 9.26 Å². The van der Waals surface area contributed by atoms with E-state index < -0.39 is 22.5 Å². The number of amides is 1. The van der Waals surface area contributed by atoms with Gasteiger partial charge in [0, 0.05) is 23.1 Å². The van der Waals surface area contributed by atoms with E-state index in [-0.39, 0.29) is 6.42 Å². The Kier molecular flexibility index (Phi) is 6.84. The number of carbonyl (C=O) groups excluding carboxylic acids is 1. The van der Waals surface area contributed by atoms with Crippen molar-refractivity contribution in [1.82, 2.24) is 5.16 Å². The molecule has 1 aromatic heterocycles. The second kappa shape index (κ2) is 9.93. The number of aromatic nitrogens is 1. The number of aryl methyl sites for hydroxylation is 1. The van der Waals surface area contributed by atoms with Gasteiger partial charge in [0.1, 0.15) is 11.4 Å². The molecule has 2 aliphatic rings. The summed E-state index contributed by atoms with van der Waals surface area (Å²) in [5.41, 5.74) is 0.669. The number of para-hydroxylation sites is 1. The number of hydrogen-bond acceptors (Lipinski definition) is 6. The third kappa shape index (κ3) is 5.14. The van der Waals surface area contributed by atoms with E-state index in [1.807, 2.05) is 12.1 Å². The van der Waals surface area contributed by atoms with Crippen LogP contribution in [0.25, 0.3) is 10.8 Å². The lowest BCUT2D eigenvalue weighted by Gasteiger charge is -2.39. The minimum Gasteiger partial charge on any atom is -0.493 e. The molecule has 0 bridgehead atoms. The number of ether oxygens (including phenoxy) is 1. The van der Waals surface area contributed by atoms with E-state index in [0.29, 0.717) is 41.1 Å². The number of nitrogens with zero attached hydrogens (tertiary/aromatic N) is 1. The predicted molar refractivity (Wildman–Crippen MR) is 143 cm³/mol. The van der Waals surface area contributed by atoms with Crippen LogP contribution in [-0.4, -0.2) is 28.4 Å². The van der Waals surface area contributed by atoms with Crippen molar-refractivity contribution >= 4 is 22.4 Å². The fourth-order valence-corrected chi connectivity index (χ4v) is 6.24. The summed E-state index contributed by atoms with van der Waals surface area (Å²) >= 11 is 0. The average molecular weight is 505 g/mol. The Bertz CT molecular complexity index is 1370. The smallest absolute Gasteiger partial charge is 0.366 e. The van der Waals surface area contributed by atoms with Gasteiger partial charge in [-0.25, -0.2) is 4.79 Å². The fraction of sp³-hybridized carbons (Fsp3) is 0.500. The number of fused-ring (bicyclic) bond motifs is 2. The van der Waals surface area contributed by atoms with Crippen molar-refractivity contribution in [3.63, 3.8) is 0 Å². The van der Waals surface area contributed by atoms with Gasteiger partial charge in [-0.05, 0) is 54.9 Å². The highest BCUT2D eigenvalue weighted by Crippen LogP contribution is 2.44. The Labute approximate surface area is 217 Å². The zero-order valence-electron chi connectivity index (χ0n) is 21.9. The maximum atomic E-state index is 13.9. The van der Waals surface area contributed by atoms with Crippen LogP contribution in [-0.2, 0) is 16.6 Å². The van der Waals surface area contributed by atoms with Gasteiger partial charge < -0.3 is 19.7 Å². The Hall–Kier alpha value is -3.19. The Balaban J connectivity index is 1.46. The number of aliphatic hydroxyl groups is 1. The second-order valence-electron chi connectivity index (χ2n) is 11.5. The van der Waals surface area contributed by atoms with Gasteiger partial charge >= 0.3 is 5.63 Å². The summed E-state index contributed by atoms with van der Waals surface area (Å²) in [5, 5.41) is 19.9. The summed E-state index contributed by atoms with van der Waals surface area (Å²) in [6.07, 6.45) is 7.07. The van der Waals surface area contributed by atoms with Crippen LogP contribution in [0.4, 0.5) is 5.69 Å². The number of nitrogens with one attached hydrogen (secondary N) is 1. The normalized spacial score (nSPS) is 17.7. The molecule has 2 N–H and O–H groups in total. The number of benzene rings is 2. The summed E-state index contributed by atoms with van der Waals surface area (Å²) in [6.45, 7) is 6.56. The van der Waals surface area contributed by atoms with Crippen LogP contribution in [0, 0.1) is 12.8 Å². The van der Waals surface area contributed by atoms with Crippen molar-refractivity contribution in [3.05, 3.63) is 63.6 Å². The van der Waals surface area contributed by atoms with E-state index in [9.17, 15) is 14.7 Å². The third-order valence-corrected chi connectivity index (χ3v) is 8.10. The maximum absolute atomic E-state index is 13.9. The first kappa shape index (κ1) is 25.5. The molecule has 1 aliphatic carbocycles. The molecule has 0 radical (unpaired) electrons. The summed E-state index contributed by atoms with van der Waals surface area (Å²) in [7, 11) is 0. The van der Waals surface area contributed by atoms with Crippen LogP contribution in [0.5, 0.6) is 5.75 Å². The molecule has 1 unspecified atom stereocenters. The largest absolute Gasteiger partial charge is 0.493 e. The molecule has 0 saturated heterocycles. The van der Waals surface area contributed by atoms with Crippen molar-refractivity contribution in [2.45, 2.75) is 83.2 Å². The van der Waals surface area contributed by atoms with Crippen LogP contribution >= 0.6 is 0 Å². The first-order valence-corrected chi connectivity index (χ1v) is 13.4. The first-order valence-electron chi connectivity index (χ1n) is 13.4. The van der Waals surface area contributed by atoms with Gasteiger partial charge in [-0.15, -0.1) is 0 Å². The van der Waals surface area contributed by atoms with Crippen LogP contribution in [0.2, 0.25) is 0 Å². The van der Waals surface area contributed by atoms with Gasteiger partial charge in [-0.1, -0.05) is 69.3 Å². The number of carbonyl (C=O) groups is 1. The van der Waals surface area contributed by atoms with Crippen molar-refractivity contribution in [3.8, 4) is 5.75 Å². The maximum Gasteiger partial charge on any atom is 0.366 e. The monoisotopic (exact) mass is 504 g/mol. The van der Waals surface area contributed by atoms with E-state index >= 15 is 0 Å². The highest BCUT2D eigenvalue weighted by atomic mass is 16.5. The summed E-state index contributed by atoms with van der Waals surface area (Å²) in [4.78, 5) is 25.9. The first-order chi connectivity index (χ1) is 17.7. The minimum atomic E-state index is -1.58. The quantitative estimate of drug-likeness (QED) is 0.444. The molecular formula is C30H36N2O5. The molecule has 7 heteroatoms. The highest BCUT2D eigenvalue weighted by molar-refractivity contribution is 5.99. The van der Waals surface area contributed by atoms with E-state index in [1.54, 1.807) is 25.1 Å². The Morgan fingerprint density at radius 1 is 1.14 bits per heavy atom. The average Bonchev–Trinajstić information content (AvgIpc) is 3.35. The zero-order valence-corrected chi connectivity index (χ0v) is 21.9. The minimum absolute atomic E-state index is 0.264. The molecule has 3 aromatic rings. The molecule has 7 nitrogen and oxygen atoms in total. The van der Waals surface area contributed by atoms with E-state index in [1.165, 1.54) is 12.0 Å². The van der Waals surface area contributed by atoms with Crippen molar-refractivity contribution < 1.29 is 19.2 Å². The van der Waals surface area contributed by atoms with Crippen molar-refractivity contribution in [1.29, 1.82) is 0 Å². The van der Waals surface area contributed by atoms with Crippen molar-refractivity contribution in [2.24, 2.45) is 5.92 Å². The fourth-order valence-electron chi connectivity index (χ4n) is 6.24. The summed E-state index contributed by atoms with van der Waals surface area (Å²) in [6, 6.07) is 11.2. The summed E-state index contributed by atoms with van der Waals surface area (Å²) in [5.74, 6) is 0.766. The van der Waals surface area contributed by atoms with E-state index in [0.717, 1.165) is 43.4 Å². The molecule has 5 rings (SSSR count). The Morgan fingerprint density at radius 2 is 1.92 bits per heavy atom. The standard InChI is InChI=1S/C30H36N2O5/c1-19-24-16-22(12-13-23(24)27(33)37-32-19)31-28(34)30(35,17-20-8-5-4-6-9-20)18-29(2,3)25-11-7-10-21-14-15-36-26(21)25/h7,10-13,16,20,35H,4-6,8-9,14-15,17-18H2,1-3H3,(H,31,34). The highest BCUT2D eigenvalue weighted by Gasteiger charge is 2.44. The lowest BCUT2D eigenvalue weighted by molar-refractivity contribution is -0.138. The molecule has 1 amide bonds. The van der Waals surface area contributed by atoms with Gasteiger partial charge in [-0.3, -0.25) is 4.79 Å². The molecular weight excluding hydrogens is 468 g/mol. The number of hydrogen-bond donors (Lipinski definition) is 2. The molecule has 1 saturated carbocycles. The van der Waals surface area contributed by atoms with Crippen molar-refractivity contribution in [2.75, 3.05) is 11.9 Å².